The molecule has 0 unspecified atom stereocenters. The first-order valence-corrected chi connectivity index (χ1v) is 8.69. The molecule has 24 heavy (non-hydrogen) atoms. The highest BCUT2D eigenvalue weighted by Gasteiger charge is 2.38. The Morgan fingerprint density at radius 2 is 1.92 bits per heavy atom. The van der Waals surface area contributed by atoms with Gasteiger partial charge < -0.3 is 15.1 Å². The van der Waals surface area contributed by atoms with Crippen LogP contribution >= 0.6 is 0 Å². The molecule has 1 amide bonds. The number of rotatable bonds is 3. The van der Waals surface area contributed by atoms with Gasteiger partial charge in [-0.25, -0.2) is 0 Å². The van der Waals surface area contributed by atoms with Crippen molar-refractivity contribution in [1.29, 1.82) is 0 Å². The van der Waals surface area contributed by atoms with Gasteiger partial charge >= 0.3 is 0 Å². The van der Waals surface area contributed by atoms with Gasteiger partial charge in [0.25, 0.3) is 0 Å². The second-order valence-electron chi connectivity index (χ2n) is 8.50. The minimum Gasteiger partial charge on any atom is -0.464 e. The maximum atomic E-state index is 12.5. The number of carbonyl (C=O) groups excluding carboxylic acids is 1. The highest BCUT2D eigenvalue weighted by molar-refractivity contribution is 5.88. The van der Waals surface area contributed by atoms with Crippen molar-refractivity contribution >= 4 is 16.9 Å². The van der Waals surface area contributed by atoms with E-state index in [4.69, 9.17) is 4.42 Å². The molecule has 1 aliphatic rings. The summed E-state index contributed by atoms with van der Waals surface area (Å²) in [6.07, 6.45) is 3.95. The maximum absolute atomic E-state index is 12.5. The first-order chi connectivity index (χ1) is 11.1. The number of furan rings is 1. The number of piperidine rings is 1. The molecule has 0 atom stereocenters. The smallest absolute Gasteiger partial charge is 0.224 e. The van der Waals surface area contributed by atoms with Crippen LogP contribution < -0.4 is 10.6 Å². The molecule has 1 aliphatic heterocycles. The van der Waals surface area contributed by atoms with Crippen LogP contribution in [0, 0.1) is 6.92 Å². The molecule has 0 aliphatic carbocycles. The Bertz CT molecular complexity index is 742. The van der Waals surface area contributed by atoms with Gasteiger partial charge in [-0.05, 0) is 59.1 Å². The predicted octanol–water partition coefficient (Wildman–Crippen LogP) is 3.71. The zero-order valence-electron chi connectivity index (χ0n) is 15.3. The number of benzene rings is 1. The number of carbonyl (C=O) groups is 1. The van der Waals surface area contributed by atoms with Gasteiger partial charge in [0.1, 0.15) is 5.58 Å². The molecule has 1 aromatic carbocycles. The fraction of sp³-hybridized carbons (Fsp3) is 0.550. The van der Waals surface area contributed by atoms with Crippen molar-refractivity contribution in [3.8, 4) is 0 Å². The Hall–Kier alpha value is -1.81. The molecule has 3 rings (SSSR count). The lowest BCUT2D eigenvalue weighted by Crippen LogP contribution is -2.62. The minimum atomic E-state index is 0.0273. The zero-order chi connectivity index (χ0) is 17.5. The van der Waals surface area contributed by atoms with Crippen molar-refractivity contribution in [1.82, 2.24) is 10.6 Å². The van der Waals surface area contributed by atoms with E-state index in [-0.39, 0.29) is 23.0 Å². The average Bonchev–Trinajstić information content (AvgIpc) is 2.76. The largest absolute Gasteiger partial charge is 0.464 e. The maximum Gasteiger partial charge on any atom is 0.224 e. The summed E-state index contributed by atoms with van der Waals surface area (Å²) in [6, 6.07) is 6.29. The van der Waals surface area contributed by atoms with Gasteiger partial charge in [0.05, 0.1) is 12.7 Å². The summed E-state index contributed by atoms with van der Waals surface area (Å²) in [6.45, 7) is 10.8. The lowest BCUT2D eigenvalue weighted by atomic mass is 9.79. The predicted molar refractivity (Wildman–Crippen MR) is 97.1 cm³/mol. The van der Waals surface area contributed by atoms with E-state index in [0.717, 1.165) is 34.9 Å². The van der Waals surface area contributed by atoms with E-state index in [2.05, 4.69) is 44.4 Å². The van der Waals surface area contributed by atoms with Crippen LogP contribution in [-0.4, -0.2) is 23.0 Å². The van der Waals surface area contributed by atoms with Crippen LogP contribution in [0.1, 0.15) is 51.7 Å². The van der Waals surface area contributed by atoms with Crippen LogP contribution in [0.2, 0.25) is 0 Å². The van der Waals surface area contributed by atoms with Crippen LogP contribution in [0.5, 0.6) is 0 Å². The van der Waals surface area contributed by atoms with E-state index in [1.807, 2.05) is 19.1 Å². The molecule has 0 saturated carbocycles. The quantitative estimate of drug-likeness (QED) is 0.903. The Labute approximate surface area is 144 Å². The molecule has 4 heteroatoms. The zero-order valence-corrected chi connectivity index (χ0v) is 15.3. The van der Waals surface area contributed by atoms with E-state index in [1.165, 1.54) is 0 Å². The van der Waals surface area contributed by atoms with Crippen LogP contribution in [-0.2, 0) is 11.2 Å². The van der Waals surface area contributed by atoms with Gasteiger partial charge in [-0.3, -0.25) is 4.79 Å². The summed E-state index contributed by atoms with van der Waals surface area (Å²) in [4.78, 5) is 12.5. The van der Waals surface area contributed by atoms with E-state index < -0.39 is 0 Å². The lowest BCUT2D eigenvalue weighted by molar-refractivity contribution is -0.121. The van der Waals surface area contributed by atoms with Crippen molar-refractivity contribution in [2.24, 2.45) is 0 Å². The summed E-state index contributed by atoms with van der Waals surface area (Å²) >= 11 is 0. The molecule has 0 radical (unpaired) electrons. The Morgan fingerprint density at radius 3 is 2.58 bits per heavy atom. The topological polar surface area (TPSA) is 54.3 Å². The first-order valence-electron chi connectivity index (χ1n) is 8.69. The summed E-state index contributed by atoms with van der Waals surface area (Å²) < 4.78 is 5.60. The lowest BCUT2D eigenvalue weighted by Gasteiger charge is -2.46. The number of fused-ring (bicyclic) bond motifs is 1. The normalized spacial score (nSPS) is 20.2. The summed E-state index contributed by atoms with van der Waals surface area (Å²) in [5.74, 6) is 0.0665. The van der Waals surface area contributed by atoms with Crippen molar-refractivity contribution in [2.75, 3.05) is 0 Å². The molecule has 1 aromatic heterocycles. The van der Waals surface area contributed by atoms with Crippen molar-refractivity contribution in [3.05, 3.63) is 35.6 Å². The van der Waals surface area contributed by atoms with E-state index >= 15 is 0 Å². The van der Waals surface area contributed by atoms with Crippen molar-refractivity contribution in [3.63, 3.8) is 0 Å². The number of amides is 1. The highest BCUT2D eigenvalue weighted by atomic mass is 16.3. The summed E-state index contributed by atoms with van der Waals surface area (Å²) in [5, 5.41) is 7.90. The van der Waals surface area contributed by atoms with Crippen molar-refractivity contribution in [2.45, 2.75) is 71.0 Å². The monoisotopic (exact) mass is 328 g/mol. The average molecular weight is 328 g/mol. The van der Waals surface area contributed by atoms with Crippen LogP contribution in [0.25, 0.3) is 11.0 Å². The first kappa shape index (κ1) is 17.0. The fourth-order valence-electron chi connectivity index (χ4n) is 4.20. The van der Waals surface area contributed by atoms with Gasteiger partial charge in [0.2, 0.25) is 5.91 Å². The molecule has 1 fully saturated rings. The number of aryl methyl sites for hydroxylation is 1. The Morgan fingerprint density at radius 1 is 1.25 bits per heavy atom. The highest BCUT2D eigenvalue weighted by Crippen LogP contribution is 2.29. The fourth-order valence-corrected chi connectivity index (χ4v) is 4.20. The van der Waals surface area contributed by atoms with E-state index in [9.17, 15) is 4.79 Å². The Balaban J connectivity index is 1.69. The van der Waals surface area contributed by atoms with E-state index in [0.29, 0.717) is 6.42 Å². The molecule has 2 heterocycles. The van der Waals surface area contributed by atoms with Gasteiger partial charge in [-0.2, -0.15) is 0 Å². The SMILES string of the molecule is Cc1ccc2c(CC(=O)NC3CC(C)(C)NC(C)(C)C3)coc2c1. The molecular formula is C20H28N2O2. The summed E-state index contributed by atoms with van der Waals surface area (Å²) in [5.41, 5.74) is 3.02. The second-order valence-corrected chi connectivity index (χ2v) is 8.50. The molecular weight excluding hydrogens is 300 g/mol. The van der Waals surface area contributed by atoms with Gasteiger partial charge in [0.15, 0.2) is 0 Å². The number of hydrogen-bond acceptors (Lipinski definition) is 3. The minimum absolute atomic E-state index is 0.0273. The van der Waals surface area contributed by atoms with Gasteiger partial charge in [-0.15, -0.1) is 0 Å². The second kappa shape index (κ2) is 5.92. The molecule has 130 valence electrons. The standard InChI is InChI=1S/C20H28N2O2/c1-13-6-7-16-14(12-24-17(16)8-13)9-18(23)21-15-10-19(2,3)22-20(4,5)11-15/h6-8,12,15,22H,9-11H2,1-5H3,(H,21,23). The molecule has 2 aromatic rings. The molecule has 0 spiro atoms. The Kier molecular flexibility index (Phi) is 4.20. The number of nitrogens with one attached hydrogen (secondary N) is 2. The van der Waals surface area contributed by atoms with Gasteiger partial charge in [0, 0.05) is 28.1 Å². The van der Waals surface area contributed by atoms with Crippen molar-refractivity contribution < 1.29 is 9.21 Å². The number of hydrogen-bond donors (Lipinski definition) is 2. The molecule has 2 N–H and O–H groups in total. The molecule has 4 nitrogen and oxygen atoms in total. The molecule has 0 bridgehead atoms. The van der Waals surface area contributed by atoms with Crippen LogP contribution in [0.15, 0.2) is 28.9 Å². The van der Waals surface area contributed by atoms with Crippen LogP contribution in [0.4, 0.5) is 0 Å². The van der Waals surface area contributed by atoms with Gasteiger partial charge in [-0.1, -0.05) is 12.1 Å². The third kappa shape index (κ3) is 3.81. The third-order valence-electron chi connectivity index (χ3n) is 4.72. The summed E-state index contributed by atoms with van der Waals surface area (Å²) in [7, 11) is 0. The molecule has 1 saturated heterocycles. The van der Waals surface area contributed by atoms with E-state index in [1.54, 1.807) is 6.26 Å². The van der Waals surface area contributed by atoms with Crippen LogP contribution in [0.3, 0.4) is 0 Å². The third-order valence-corrected chi connectivity index (χ3v) is 4.72.